The Morgan fingerprint density at radius 3 is 2.73 bits per heavy atom. The molecule has 6 heteroatoms. The maximum atomic E-state index is 10.9. The predicted molar refractivity (Wildman–Crippen MR) is 52.1 cm³/mol. The zero-order valence-electron chi connectivity index (χ0n) is 7.86. The number of carboxylic acid groups (broad SMARTS) is 1. The average molecular weight is 230 g/mol. The molecule has 0 aromatic carbocycles. The molecule has 0 amide bonds. The van der Waals surface area contributed by atoms with E-state index in [9.17, 15) is 9.59 Å². The number of halogens is 1. The molecule has 1 aromatic heterocycles. The Balaban J connectivity index is 2.94. The largest absolute Gasteiger partial charge is 0.481 e. The molecule has 1 heterocycles. The van der Waals surface area contributed by atoms with Crippen LogP contribution in [0.15, 0.2) is 12.1 Å². The van der Waals surface area contributed by atoms with Crippen LogP contribution in [0.4, 0.5) is 0 Å². The Morgan fingerprint density at radius 1 is 1.53 bits per heavy atom. The fraction of sp³-hybridized carbons (Fsp3) is 0.222. The number of hydrogen-bond acceptors (Lipinski definition) is 4. The van der Waals surface area contributed by atoms with Gasteiger partial charge in [0, 0.05) is 12.0 Å². The van der Waals surface area contributed by atoms with E-state index in [0.717, 1.165) is 0 Å². The van der Waals surface area contributed by atoms with E-state index in [-0.39, 0.29) is 17.5 Å². The molecule has 1 N–H and O–H groups in total. The molecule has 0 aliphatic carbocycles. The van der Waals surface area contributed by atoms with Crippen LogP contribution in [0.5, 0.6) is 5.88 Å². The summed E-state index contributed by atoms with van der Waals surface area (Å²) in [5, 5.41) is 8.65. The summed E-state index contributed by atoms with van der Waals surface area (Å²) < 4.78 is 4.87. The van der Waals surface area contributed by atoms with Crippen molar-refractivity contribution in [1.29, 1.82) is 0 Å². The number of methoxy groups -OCH3 is 1. The van der Waals surface area contributed by atoms with Gasteiger partial charge in [0.2, 0.25) is 11.7 Å². The summed E-state index contributed by atoms with van der Waals surface area (Å²) in [5.41, 5.74) is 0.398. The van der Waals surface area contributed by atoms with Gasteiger partial charge in [-0.25, -0.2) is 9.78 Å². The van der Waals surface area contributed by atoms with Crippen molar-refractivity contribution in [2.24, 2.45) is 0 Å². The molecule has 0 spiro atoms. The fourth-order valence-electron chi connectivity index (χ4n) is 1.01. The van der Waals surface area contributed by atoms with Gasteiger partial charge in [-0.2, -0.15) is 0 Å². The number of ether oxygens (including phenoxy) is 1. The molecule has 0 fully saturated rings. The third kappa shape index (κ3) is 2.92. The second-order valence-electron chi connectivity index (χ2n) is 2.71. The van der Waals surface area contributed by atoms with Gasteiger partial charge in [-0.05, 0) is 6.07 Å². The van der Waals surface area contributed by atoms with Crippen LogP contribution in [-0.2, 0) is 16.0 Å². The van der Waals surface area contributed by atoms with Gasteiger partial charge in [0.1, 0.15) is 5.15 Å². The van der Waals surface area contributed by atoms with Gasteiger partial charge in [-0.1, -0.05) is 17.7 Å². The van der Waals surface area contributed by atoms with Crippen LogP contribution in [-0.4, -0.2) is 29.0 Å². The molecule has 0 aliphatic heterocycles. The second kappa shape index (κ2) is 4.75. The summed E-state index contributed by atoms with van der Waals surface area (Å²) >= 11 is 5.60. The number of pyridine rings is 1. The second-order valence-corrected chi connectivity index (χ2v) is 3.09. The molecule has 0 saturated heterocycles. The number of hydrogen-bond donors (Lipinski definition) is 1. The third-order valence-electron chi connectivity index (χ3n) is 1.69. The minimum Gasteiger partial charge on any atom is -0.481 e. The average Bonchev–Trinajstić information content (AvgIpc) is 2.20. The van der Waals surface area contributed by atoms with Gasteiger partial charge < -0.3 is 9.84 Å². The topological polar surface area (TPSA) is 76.5 Å². The third-order valence-corrected chi connectivity index (χ3v) is 1.90. The van der Waals surface area contributed by atoms with Crippen LogP contribution < -0.4 is 4.74 Å². The number of rotatable bonds is 4. The molecule has 1 aromatic rings. The van der Waals surface area contributed by atoms with E-state index in [1.165, 1.54) is 19.2 Å². The van der Waals surface area contributed by atoms with Crippen molar-refractivity contribution >= 4 is 23.4 Å². The molecular formula is C9H8ClNO4. The Bertz CT molecular complexity index is 405. The number of carboxylic acids is 1. The Hall–Kier alpha value is -1.62. The lowest BCUT2D eigenvalue weighted by atomic mass is 10.1. The van der Waals surface area contributed by atoms with Crippen molar-refractivity contribution in [2.45, 2.75) is 6.42 Å². The molecule has 5 nitrogen and oxygen atoms in total. The smallest absolute Gasteiger partial charge is 0.372 e. The fourth-order valence-corrected chi connectivity index (χ4v) is 1.15. The van der Waals surface area contributed by atoms with E-state index in [2.05, 4.69) is 4.98 Å². The van der Waals surface area contributed by atoms with Gasteiger partial charge in [0.15, 0.2) is 0 Å². The zero-order chi connectivity index (χ0) is 11.4. The van der Waals surface area contributed by atoms with Crippen LogP contribution >= 0.6 is 11.6 Å². The van der Waals surface area contributed by atoms with E-state index in [1.807, 2.05) is 0 Å². The maximum Gasteiger partial charge on any atom is 0.372 e. The molecule has 80 valence electrons. The van der Waals surface area contributed by atoms with Crippen molar-refractivity contribution in [3.63, 3.8) is 0 Å². The normalized spacial score (nSPS) is 9.73. The molecule has 1 rings (SSSR count). The molecule has 0 saturated carbocycles. The van der Waals surface area contributed by atoms with Crippen LogP contribution in [0, 0.1) is 0 Å². The summed E-state index contributed by atoms with van der Waals surface area (Å²) in [6, 6.07) is 2.98. The van der Waals surface area contributed by atoms with Crippen molar-refractivity contribution in [2.75, 3.05) is 7.11 Å². The highest BCUT2D eigenvalue weighted by Gasteiger charge is 2.15. The minimum absolute atomic E-state index is 0.164. The van der Waals surface area contributed by atoms with Crippen molar-refractivity contribution in [3.8, 4) is 5.88 Å². The predicted octanol–water partition coefficient (Wildman–Crippen LogP) is 0.940. The molecule has 0 atom stereocenters. The van der Waals surface area contributed by atoms with Crippen LogP contribution in [0.3, 0.4) is 0 Å². The Labute approximate surface area is 90.6 Å². The van der Waals surface area contributed by atoms with Gasteiger partial charge >= 0.3 is 5.97 Å². The summed E-state index contributed by atoms with van der Waals surface area (Å²) in [6.07, 6.45) is -0.261. The summed E-state index contributed by atoms with van der Waals surface area (Å²) in [4.78, 5) is 25.1. The van der Waals surface area contributed by atoms with E-state index in [0.29, 0.717) is 5.56 Å². The van der Waals surface area contributed by atoms with Crippen LogP contribution in [0.2, 0.25) is 5.15 Å². The first-order chi connectivity index (χ1) is 7.04. The van der Waals surface area contributed by atoms with Gasteiger partial charge in [0.05, 0.1) is 7.11 Å². The number of ketones is 1. The lowest BCUT2D eigenvalue weighted by Gasteiger charge is -2.05. The van der Waals surface area contributed by atoms with Crippen LogP contribution in [0.25, 0.3) is 0 Å². The standard InChI is InChI=1S/C9H8ClNO4/c1-15-8-5(2-3-7(10)11-8)4-6(12)9(13)14/h2-3H,4H2,1H3,(H,13,14). The van der Waals surface area contributed by atoms with Crippen LogP contribution in [0.1, 0.15) is 5.56 Å². The summed E-state index contributed by atoms with van der Waals surface area (Å²) in [6.45, 7) is 0. The lowest BCUT2D eigenvalue weighted by Crippen LogP contribution is -2.15. The van der Waals surface area contributed by atoms with E-state index in [4.69, 9.17) is 21.4 Å². The van der Waals surface area contributed by atoms with Crippen molar-refractivity contribution < 1.29 is 19.4 Å². The van der Waals surface area contributed by atoms with Crippen molar-refractivity contribution in [3.05, 3.63) is 22.8 Å². The minimum atomic E-state index is -1.48. The highest BCUT2D eigenvalue weighted by Crippen LogP contribution is 2.19. The molecule has 0 bridgehead atoms. The molecule has 15 heavy (non-hydrogen) atoms. The molecule has 0 aliphatic rings. The molecule has 0 unspecified atom stereocenters. The maximum absolute atomic E-state index is 10.9. The van der Waals surface area contributed by atoms with E-state index in [1.54, 1.807) is 0 Å². The number of carbonyl (C=O) groups excluding carboxylic acids is 1. The van der Waals surface area contributed by atoms with E-state index < -0.39 is 11.8 Å². The highest BCUT2D eigenvalue weighted by atomic mass is 35.5. The summed E-state index contributed by atoms with van der Waals surface area (Å²) in [7, 11) is 1.37. The highest BCUT2D eigenvalue weighted by molar-refractivity contribution is 6.33. The number of carbonyl (C=O) groups is 2. The first-order valence-electron chi connectivity index (χ1n) is 4.00. The molecular weight excluding hydrogens is 222 g/mol. The van der Waals surface area contributed by atoms with Gasteiger partial charge in [-0.3, -0.25) is 4.79 Å². The van der Waals surface area contributed by atoms with E-state index >= 15 is 0 Å². The monoisotopic (exact) mass is 229 g/mol. The Morgan fingerprint density at radius 2 is 2.20 bits per heavy atom. The number of Topliss-reactive ketones (excluding diaryl/α,β-unsaturated/α-hetero) is 1. The lowest BCUT2D eigenvalue weighted by molar-refractivity contribution is -0.148. The first-order valence-corrected chi connectivity index (χ1v) is 4.38. The van der Waals surface area contributed by atoms with Crippen molar-refractivity contribution in [1.82, 2.24) is 4.98 Å². The molecule has 0 radical (unpaired) electrons. The van der Waals surface area contributed by atoms with Gasteiger partial charge in [0.25, 0.3) is 0 Å². The SMILES string of the molecule is COc1nc(Cl)ccc1CC(=O)C(=O)O. The number of nitrogens with zero attached hydrogens (tertiary/aromatic N) is 1. The zero-order valence-corrected chi connectivity index (χ0v) is 8.61. The summed E-state index contributed by atoms with van der Waals surface area (Å²) in [5.74, 6) is -2.23. The number of aliphatic carboxylic acids is 1. The van der Waals surface area contributed by atoms with Gasteiger partial charge in [-0.15, -0.1) is 0 Å². The first kappa shape index (κ1) is 11.5. The number of aromatic nitrogens is 1. The quantitative estimate of drug-likeness (QED) is 0.614. The Kier molecular flexibility index (Phi) is 3.62.